The van der Waals surface area contributed by atoms with Crippen LogP contribution in [0.4, 0.5) is 0 Å². The largest absolute Gasteiger partial charge is 0.307 e. The maximum Gasteiger partial charge on any atom is 0.180 e. The highest BCUT2D eigenvalue weighted by molar-refractivity contribution is 7.20. The lowest BCUT2D eigenvalue weighted by Gasteiger charge is -2.35. The lowest BCUT2D eigenvalue weighted by molar-refractivity contribution is 1.17. The van der Waals surface area contributed by atoms with Crippen molar-refractivity contribution < 1.29 is 0 Å². The van der Waals surface area contributed by atoms with Gasteiger partial charge in [0.25, 0.3) is 0 Å². The summed E-state index contributed by atoms with van der Waals surface area (Å²) in [5, 5.41) is 28.7. The third kappa shape index (κ3) is 4.40. The van der Waals surface area contributed by atoms with E-state index in [1.54, 1.807) is 0 Å². The number of aromatic nitrogens is 1. The van der Waals surface area contributed by atoms with Gasteiger partial charge in [-0.3, -0.25) is 0 Å². The fraction of sp³-hybridized carbons (Fsp3) is 0. The molecule has 0 N–H and O–H groups in total. The predicted molar refractivity (Wildman–Crippen MR) is 199 cm³/mol. The second-order valence-electron chi connectivity index (χ2n) is 11.9. The van der Waals surface area contributed by atoms with Crippen LogP contribution in [0.2, 0.25) is 0 Å². The van der Waals surface area contributed by atoms with Gasteiger partial charge in [-0.25, -0.2) is 0 Å². The van der Waals surface area contributed by atoms with Gasteiger partial charge in [-0.05, 0) is 38.9 Å². The number of benzene rings is 7. The molecule has 0 fully saturated rings. The van der Waals surface area contributed by atoms with Crippen molar-refractivity contribution >= 4 is 50.6 Å². The minimum absolute atomic E-state index is 0.547. The van der Waals surface area contributed by atoms with Crippen molar-refractivity contribution in [1.29, 1.82) is 10.5 Å². The Morgan fingerprint density at radius 3 is 1.38 bits per heavy atom. The highest BCUT2D eigenvalue weighted by Crippen LogP contribution is 2.38. The molecule has 7 aromatic carbocycles. The molecule has 0 radical (unpaired) electrons. The Balaban J connectivity index is 1.51. The standard InChI is InChI=1S/C44H29N3Si/c45-30-32-16-14-26-39(44(32)47-41-27-12-10-23-37(41)38-24-11-13-28-42(38)47)36-25-15-29-43(40(36)31-46)48(33-17-4-1-5-18-33,34-19-6-2-7-20-34)35-21-8-3-9-22-35/h1-29H. The quantitative estimate of drug-likeness (QED) is 0.141. The molecule has 0 unspecified atom stereocenters. The summed E-state index contributed by atoms with van der Waals surface area (Å²) in [6.07, 6.45) is 0. The summed E-state index contributed by atoms with van der Waals surface area (Å²) < 4.78 is 2.20. The van der Waals surface area contributed by atoms with E-state index in [0.29, 0.717) is 11.1 Å². The fourth-order valence-corrected chi connectivity index (χ4v) is 12.4. The molecule has 1 heterocycles. The third-order valence-electron chi connectivity index (χ3n) is 9.45. The smallest absolute Gasteiger partial charge is 0.180 e. The molecule has 4 heteroatoms. The molecule has 0 aliphatic heterocycles. The number of fused-ring (bicyclic) bond motifs is 3. The van der Waals surface area contributed by atoms with E-state index < -0.39 is 8.07 Å². The van der Waals surface area contributed by atoms with Crippen LogP contribution in [0.5, 0.6) is 0 Å². The van der Waals surface area contributed by atoms with Crippen molar-refractivity contribution in [3.63, 3.8) is 0 Å². The number of rotatable bonds is 6. The fourth-order valence-electron chi connectivity index (χ4n) is 7.50. The van der Waals surface area contributed by atoms with Gasteiger partial charge in [-0.15, -0.1) is 0 Å². The molecule has 0 saturated carbocycles. The summed E-state index contributed by atoms with van der Waals surface area (Å²) in [4.78, 5) is 0. The molecule has 8 aromatic rings. The molecule has 0 atom stereocenters. The van der Waals surface area contributed by atoms with Crippen LogP contribution in [0.1, 0.15) is 11.1 Å². The van der Waals surface area contributed by atoms with Gasteiger partial charge in [0.05, 0.1) is 33.9 Å². The minimum Gasteiger partial charge on any atom is -0.307 e. The zero-order chi connectivity index (χ0) is 32.5. The molecular weight excluding hydrogens is 599 g/mol. The van der Waals surface area contributed by atoms with E-state index in [-0.39, 0.29) is 0 Å². The first-order chi connectivity index (χ1) is 23.8. The van der Waals surface area contributed by atoms with Crippen LogP contribution in [0, 0.1) is 22.7 Å². The number of hydrogen-bond donors (Lipinski definition) is 0. The Labute approximate surface area is 280 Å². The Kier molecular flexibility index (Phi) is 7.27. The number of nitriles is 2. The topological polar surface area (TPSA) is 52.5 Å². The maximum absolute atomic E-state index is 11.3. The summed E-state index contributed by atoms with van der Waals surface area (Å²) in [6.45, 7) is 0. The van der Waals surface area contributed by atoms with Crippen LogP contribution >= 0.6 is 0 Å². The minimum atomic E-state index is -3.02. The van der Waals surface area contributed by atoms with Crippen LogP contribution in [0.3, 0.4) is 0 Å². The lowest BCUT2D eigenvalue weighted by atomic mass is 9.96. The van der Waals surface area contributed by atoms with Crippen molar-refractivity contribution in [3.8, 4) is 29.0 Å². The van der Waals surface area contributed by atoms with Gasteiger partial charge in [0.1, 0.15) is 6.07 Å². The van der Waals surface area contributed by atoms with E-state index in [1.807, 2.05) is 48.5 Å². The van der Waals surface area contributed by atoms with E-state index in [0.717, 1.165) is 43.8 Å². The molecule has 0 aliphatic carbocycles. The van der Waals surface area contributed by atoms with Crippen molar-refractivity contribution in [3.05, 3.63) is 187 Å². The molecule has 0 aliphatic rings. The summed E-state index contributed by atoms with van der Waals surface area (Å²) in [5.74, 6) is 0. The van der Waals surface area contributed by atoms with Crippen molar-refractivity contribution in [2.75, 3.05) is 0 Å². The van der Waals surface area contributed by atoms with Gasteiger partial charge in [0.2, 0.25) is 0 Å². The monoisotopic (exact) mass is 627 g/mol. The average molecular weight is 628 g/mol. The first-order valence-electron chi connectivity index (χ1n) is 16.0. The molecule has 0 saturated heterocycles. The molecule has 48 heavy (non-hydrogen) atoms. The molecule has 1 aromatic heterocycles. The lowest BCUT2D eigenvalue weighted by Crippen LogP contribution is -2.75. The van der Waals surface area contributed by atoms with Gasteiger partial charge in [-0.1, -0.05) is 158 Å². The predicted octanol–water partition coefficient (Wildman–Crippen LogP) is 7.57. The second kappa shape index (κ2) is 12.0. The molecule has 0 spiro atoms. The van der Waals surface area contributed by atoms with Crippen LogP contribution in [0.25, 0.3) is 38.6 Å². The Hall–Kier alpha value is -6.46. The van der Waals surface area contributed by atoms with E-state index in [2.05, 4.69) is 144 Å². The van der Waals surface area contributed by atoms with Gasteiger partial charge in [0.15, 0.2) is 8.07 Å². The molecule has 8 rings (SSSR count). The number of nitrogens with zero attached hydrogens (tertiary/aromatic N) is 3. The van der Waals surface area contributed by atoms with Crippen LogP contribution in [-0.4, -0.2) is 12.6 Å². The maximum atomic E-state index is 11.3. The van der Waals surface area contributed by atoms with Gasteiger partial charge < -0.3 is 4.57 Å². The first kappa shape index (κ1) is 29.0. The van der Waals surface area contributed by atoms with Crippen molar-refractivity contribution in [2.24, 2.45) is 0 Å². The Bertz CT molecular complexity index is 2370. The summed E-state index contributed by atoms with van der Waals surface area (Å²) >= 11 is 0. The van der Waals surface area contributed by atoms with Crippen molar-refractivity contribution in [2.45, 2.75) is 0 Å². The summed E-state index contributed by atoms with van der Waals surface area (Å²) in [6, 6.07) is 65.9. The normalized spacial score (nSPS) is 11.3. The zero-order valence-corrected chi connectivity index (χ0v) is 27.1. The molecule has 0 amide bonds. The third-order valence-corrected chi connectivity index (χ3v) is 14.3. The number of hydrogen-bond acceptors (Lipinski definition) is 2. The SMILES string of the molecule is N#Cc1cccc(-c2cccc([Si](c3ccccc3)(c3ccccc3)c3ccccc3)c2C#N)c1-n1c2ccccc2c2ccccc21. The van der Waals surface area contributed by atoms with Crippen LogP contribution < -0.4 is 20.7 Å². The molecule has 0 bridgehead atoms. The van der Waals surface area contributed by atoms with E-state index in [9.17, 15) is 10.5 Å². The van der Waals surface area contributed by atoms with Crippen LogP contribution in [0.15, 0.2) is 176 Å². The second-order valence-corrected chi connectivity index (χ2v) is 15.6. The van der Waals surface area contributed by atoms with Gasteiger partial charge in [-0.2, -0.15) is 10.5 Å². The van der Waals surface area contributed by atoms with Gasteiger partial charge >= 0.3 is 0 Å². The Morgan fingerprint density at radius 2 is 0.875 bits per heavy atom. The van der Waals surface area contributed by atoms with E-state index >= 15 is 0 Å². The molecule has 224 valence electrons. The summed E-state index contributed by atoms with van der Waals surface area (Å²) in [7, 11) is -3.02. The zero-order valence-electron chi connectivity index (χ0n) is 26.1. The number of para-hydroxylation sites is 3. The van der Waals surface area contributed by atoms with Crippen LogP contribution in [-0.2, 0) is 0 Å². The molecule has 3 nitrogen and oxygen atoms in total. The average Bonchev–Trinajstić information content (AvgIpc) is 3.50. The van der Waals surface area contributed by atoms with Gasteiger partial charge in [0, 0.05) is 21.9 Å². The van der Waals surface area contributed by atoms with Crippen molar-refractivity contribution in [1.82, 2.24) is 4.57 Å². The van der Waals surface area contributed by atoms with E-state index in [4.69, 9.17) is 0 Å². The first-order valence-corrected chi connectivity index (χ1v) is 18.0. The summed E-state index contributed by atoms with van der Waals surface area (Å²) in [5.41, 5.74) is 5.62. The van der Waals surface area contributed by atoms with E-state index in [1.165, 1.54) is 15.6 Å². The highest BCUT2D eigenvalue weighted by atomic mass is 28.3. The highest BCUT2D eigenvalue weighted by Gasteiger charge is 2.43. The molecular formula is C44H29N3Si. The Morgan fingerprint density at radius 1 is 0.417 bits per heavy atom.